The number of carboxylic acid groups (broad SMARTS) is 1. The van der Waals surface area contributed by atoms with Crippen molar-refractivity contribution >= 4 is 49.6 Å². The van der Waals surface area contributed by atoms with E-state index in [1.165, 1.54) is 0 Å². The van der Waals surface area contributed by atoms with Gasteiger partial charge in [0.2, 0.25) is 0 Å². The molecule has 0 saturated carbocycles. The first-order valence-electron chi connectivity index (χ1n) is 7.30. The van der Waals surface area contributed by atoms with Crippen LogP contribution in [0.5, 0.6) is 5.75 Å². The molecule has 2 aromatic rings. The molecule has 7 heteroatoms. The molecule has 2 atom stereocenters. The molecule has 0 spiro atoms. The summed E-state index contributed by atoms with van der Waals surface area (Å²) in [5.41, 5.74) is 2.01. The van der Waals surface area contributed by atoms with Gasteiger partial charge in [-0.2, -0.15) is 0 Å². The average Bonchev–Trinajstić information content (AvgIpc) is 3.04. The summed E-state index contributed by atoms with van der Waals surface area (Å²) in [6.07, 6.45) is 0. The summed E-state index contributed by atoms with van der Waals surface area (Å²) in [7, 11) is 0. The summed E-state index contributed by atoms with van der Waals surface area (Å²) in [5, 5.41) is 12.2. The number of thioether (sulfide) groups is 1. The molecule has 0 amide bonds. The lowest BCUT2D eigenvalue weighted by Gasteiger charge is -2.19. The number of aliphatic carboxylic acids is 1. The maximum Gasteiger partial charge on any atom is 0.321 e. The number of carbonyl (C=O) groups is 1. The molecule has 0 unspecified atom stereocenters. The summed E-state index contributed by atoms with van der Waals surface area (Å²) in [4.78, 5) is 11.2. The van der Waals surface area contributed by atoms with Gasteiger partial charge in [0.1, 0.15) is 18.4 Å². The zero-order valence-electron chi connectivity index (χ0n) is 12.5. The van der Waals surface area contributed by atoms with Gasteiger partial charge in [-0.25, -0.2) is 0 Å². The van der Waals surface area contributed by atoms with E-state index in [0.717, 1.165) is 25.8 Å². The molecule has 1 aliphatic rings. The van der Waals surface area contributed by atoms with Crippen LogP contribution in [0.25, 0.3) is 0 Å². The van der Waals surface area contributed by atoms with E-state index in [4.69, 9.17) is 4.74 Å². The van der Waals surface area contributed by atoms with E-state index in [2.05, 4.69) is 37.2 Å². The van der Waals surface area contributed by atoms with Crippen LogP contribution in [-0.4, -0.2) is 22.9 Å². The topological polar surface area (TPSA) is 58.6 Å². The number of ether oxygens (including phenoxy) is 1. The van der Waals surface area contributed by atoms with Gasteiger partial charge >= 0.3 is 5.97 Å². The zero-order valence-corrected chi connectivity index (χ0v) is 16.5. The van der Waals surface area contributed by atoms with Crippen LogP contribution in [-0.2, 0) is 11.4 Å². The minimum Gasteiger partial charge on any atom is -0.487 e. The average molecular weight is 473 g/mol. The van der Waals surface area contributed by atoms with E-state index in [-0.39, 0.29) is 5.37 Å². The molecule has 0 aromatic heterocycles. The van der Waals surface area contributed by atoms with Gasteiger partial charge in [0.25, 0.3) is 0 Å². The van der Waals surface area contributed by atoms with Crippen LogP contribution in [0.1, 0.15) is 16.5 Å². The Morgan fingerprint density at radius 3 is 2.71 bits per heavy atom. The fourth-order valence-electron chi connectivity index (χ4n) is 2.45. The Balaban J connectivity index is 1.84. The molecule has 1 saturated heterocycles. The van der Waals surface area contributed by atoms with Crippen molar-refractivity contribution in [3.05, 3.63) is 62.5 Å². The minimum atomic E-state index is -0.828. The van der Waals surface area contributed by atoms with E-state index in [1.54, 1.807) is 11.8 Å². The van der Waals surface area contributed by atoms with E-state index in [9.17, 15) is 9.90 Å². The molecule has 24 heavy (non-hydrogen) atoms. The fourth-order valence-corrected chi connectivity index (χ4v) is 5.06. The molecule has 0 aliphatic carbocycles. The van der Waals surface area contributed by atoms with Crippen LogP contribution in [0.15, 0.2) is 51.4 Å². The number of rotatable bonds is 5. The van der Waals surface area contributed by atoms with Crippen molar-refractivity contribution in [2.45, 2.75) is 18.0 Å². The van der Waals surface area contributed by atoms with Crippen molar-refractivity contribution in [1.82, 2.24) is 5.32 Å². The molecule has 1 heterocycles. The van der Waals surface area contributed by atoms with Gasteiger partial charge in [-0.3, -0.25) is 10.1 Å². The normalized spacial score (nSPS) is 20.1. The highest BCUT2D eigenvalue weighted by Gasteiger charge is 2.32. The Morgan fingerprint density at radius 2 is 2.04 bits per heavy atom. The Labute approximate surface area is 161 Å². The van der Waals surface area contributed by atoms with Crippen LogP contribution in [0.3, 0.4) is 0 Å². The zero-order chi connectivity index (χ0) is 17.1. The summed E-state index contributed by atoms with van der Waals surface area (Å²) in [6.45, 7) is 0.452. The monoisotopic (exact) mass is 471 g/mol. The van der Waals surface area contributed by atoms with Gasteiger partial charge in [-0.1, -0.05) is 46.3 Å². The van der Waals surface area contributed by atoms with Crippen molar-refractivity contribution in [3.8, 4) is 5.75 Å². The Kier molecular flexibility index (Phi) is 5.86. The van der Waals surface area contributed by atoms with Gasteiger partial charge in [0.05, 0.1) is 9.85 Å². The second-order valence-corrected chi connectivity index (χ2v) is 8.26. The maximum absolute atomic E-state index is 11.2. The highest BCUT2D eigenvalue weighted by molar-refractivity contribution is 9.11. The van der Waals surface area contributed by atoms with E-state index in [1.807, 2.05) is 42.5 Å². The molecule has 4 nitrogen and oxygen atoms in total. The molecule has 1 aliphatic heterocycles. The highest BCUT2D eigenvalue weighted by atomic mass is 79.9. The van der Waals surface area contributed by atoms with Crippen molar-refractivity contribution < 1.29 is 14.6 Å². The number of hydrogen-bond acceptors (Lipinski definition) is 4. The standard InChI is InChI=1S/C17H15Br2NO3S/c18-11-6-12(16-20-14(9-24-16)17(21)22)15(13(19)7-11)23-8-10-4-2-1-3-5-10/h1-7,14,16,20H,8-9H2,(H,21,22)/t14-,16-/m1/s1. The Morgan fingerprint density at radius 1 is 1.29 bits per heavy atom. The van der Waals surface area contributed by atoms with Crippen LogP contribution in [0.4, 0.5) is 0 Å². The Bertz CT molecular complexity index is 742. The minimum absolute atomic E-state index is 0.120. The van der Waals surface area contributed by atoms with Crippen molar-refractivity contribution in [2.24, 2.45) is 0 Å². The lowest BCUT2D eigenvalue weighted by atomic mass is 10.2. The van der Waals surface area contributed by atoms with Gasteiger partial charge in [-0.05, 0) is 33.6 Å². The predicted molar refractivity (Wildman–Crippen MR) is 102 cm³/mol. The summed E-state index contributed by atoms with van der Waals surface area (Å²) in [5.74, 6) is 0.436. The third kappa shape index (κ3) is 4.14. The number of benzene rings is 2. The smallest absolute Gasteiger partial charge is 0.321 e. The number of nitrogens with one attached hydrogen (secondary N) is 1. The van der Waals surface area contributed by atoms with Gasteiger partial charge < -0.3 is 9.84 Å². The number of halogens is 2. The third-order valence-electron chi connectivity index (χ3n) is 3.63. The second kappa shape index (κ2) is 7.91. The SMILES string of the molecule is O=C(O)[C@H]1CS[C@H](c2cc(Br)cc(Br)c2OCc2ccccc2)N1. The quantitative estimate of drug-likeness (QED) is 0.666. The summed E-state index contributed by atoms with van der Waals surface area (Å²) >= 11 is 8.62. The second-order valence-electron chi connectivity index (χ2n) is 5.35. The van der Waals surface area contributed by atoms with E-state index < -0.39 is 12.0 Å². The first-order chi connectivity index (χ1) is 11.5. The van der Waals surface area contributed by atoms with Gasteiger partial charge in [0, 0.05) is 15.8 Å². The van der Waals surface area contributed by atoms with Crippen molar-refractivity contribution in [3.63, 3.8) is 0 Å². The molecule has 3 rings (SSSR count). The molecule has 0 radical (unpaired) electrons. The van der Waals surface area contributed by atoms with Crippen molar-refractivity contribution in [1.29, 1.82) is 0 Å². The molecule has 1 fully saturated rings. The van der Waals surface area contributed by atoms with Crippen LogP contribution in [0, 0.1) is 0 Å². The van der Waals surface area contributed by atoms with Crippen LogP contribution < -0.4 is 10.1 Å². The highest BCUT2D eigenvalue weighted by Crippen LogP contribution is 2.43. The summed E-state index contributed by atoms with van der Waals surface area (Å²) < 4.78 is 7.80. The molecular weight excluding hydrogens is 458 g/mol. The van der Waals surface area contributed by atoms with Crippen LogP contribution in [0.2, 0.25) is 0 Å². The largest absolute Gasteiger partial charge is 0.487 e. The van der Waals surface area contributed by atoms with Crippen molar-refractivity contribution in [2.75, 3.05) is 5.75 Å². The summed E-state index contributed by atoms with van der Waals surface area (Å²) in [6, 6.07) is 13.3. The first kappa shape index (κ1) is 17.8. The van der Waals surface area contributed by atoms with Crippen LogP contribution >= 0.6 is 43.6 Å². The molecular formula is C17H15Br2NO3S. The number of hydrogen-bond donors (Lipinski definition) is 2. The third-order valence-corrected chi connectivity index (χ3v) is 5.92. The number of carboxylic acids is 1. The molecule has 0 bridgehead atoms. The molecule has 2 N–H and O–H groups in total. The first-order valence-corrected chi connectivity index (χ1v) is 9.94. The van der Waals surface area contributed by atoms with E-state index >= 15 is 0 Å². The molecule has 126 valence electrons. The molecule has 2 aromatic carbocycles. The van der Waals surface area contributed by atoms with Gasteiger partial charge in [-0.15, -0.1) is 11.8 Å². The lowest BCUT2D eigenvalue weighted by Crippen LogP contribution is -2.33. The van der Waals surface area contributed by atoms with E-state index in [0.29, 0.717) is 12.4 Å². The van der Waals surface area contributed by atoms with Gasteiger partial charge in [0.15, 0.2) is 0 Å². The maximum atomic E-state index is 11.2. The Hall–Kier alpha value is -1.02. The predicted octanol–water partition coefficient (Wildman–Crippen LogP) is 4.58. The lowest BCUT2D eigenvalue weighted by molar-refractivity contribution is -0.138. The fraction of sp³-hybridized carbons (Fsp3) is 0.235.